The van der Waals surface area contributed by atoms with Crippen molar-refractivity contribution in [2.24, 2.45) is 5.92 Å². The molecule has 0 saturated carbocycles. The summed E-state index contributed by atoms with van der Waals surface area (Å²) in [5, 5.41) is 0. The first-order valence-electron chi connectivity index (χ1n) is 3.28. The molecule has 0 heterocycles. The molecule has 0 bridgehead atoms. The van der Waals surface area contributed by atoms with Crippen molar-refractivity contribution in [1.29, 1.82) is 0 Å². The summed E-state index contributed by atoms with van der Waals surface area (Å²) in [7, 11) is 3.90. The molecule has 0 aromatic heterocycles. The molecule has 0 atom stereocenters. The fourth-order valence-electron chi connectivity index (χ4n) is 0.408. The molecule has 0 N–H and O–H groups in total. The van der Waals surface area contributed by atoms with Crippen molar-refractivity contribution in [3.05, 3.63) is 0 Å². The minimum atomic E-state index is 0.692. The first-order chi connectivity index (χ1) is 4.13. The standard InChI is InChI=1S/C8H15N/c1-8(2)6-5-7-9(3)4/h8H,6H2,1-4H3. The van der Waals surface area contributed by atoms with Crippen LogP contribution in [0.3, 0.4) is 0 Å². The summed E-state index contributed by atoms with van der Waals surface area (Å²) >= 11 is 0. The van der Waals surface area contributed by atoms with Crippen LogP contribution in [0.5, 0.6) is 0 Å². The molecule has 1 nitrogen and oxygen atoms in total. The molecule has 52 valence electrons. The van der Waals surface area contributed by atoms with Gasteiger partial charge in [-0.25, -0.2) is 0 Å². The van der Waals surface area contributed by atoms with Gasteiger partial charge in [0, 0.05) is 26.6 Å². The van der Waals surface area contributed by atoms with Gasteiger partial charge < -0.3 is 4.90 Å². The fraction of sp³-hybridized carbons (Fsp3) is 0.750. The molecule has 0 radical (unpaired) electrons. The Morgan fingerprint density at radius 1 is 1.33 bits per heavy atom. The van der Waals surface area contributed by atoms with E-state index < -0.39 is 0 Å². The molecule has 0 saturated heterocycles. The van der Waals surface area contributed by atoms with Gasteiger partial charge in [-0.1, -0.05) is 19.8 Å². The van der Waals surface area contributed by atoms with Gasteiger partial charge in [-0.3, -0.25) is 0 Å². The van der Waals surface area contributed by atoms with E-state index >= 15 is 0 Å². The Hall–Kier alpha value is -0.640. The molecule has 9 heavy (non-hydrogen) atoms. The van der Waals surface area contributed by atoms with E-state index in [4.69, 9.17) is 0 Å². The van der Waals surface area contributed by atoms with Gasteiger partial charge >= 0.3 is 0 Å². The van der Waals surface area contributed by atoms with Crippen LogP contribution in [0, 0.1) is 17.9 Å². The summed E-state index contributed by atoms with van der Waals surface area (Å²) in [5.74, 6) is 3.75. The van der Waals surface area contributed by atoms with Crippen molar-refractivity contribution in [3.8, 4) is 12.0 Å². The van der Waals surface area contributed by atoms with E-state index in [1.807, 2.05) is 19.0 Å². The Morgan fingerprint density at radius 3 is 2.22 bits per heavy atom. The minimum absolute atomic E-state index is 0.692. The molecule has 0 amide bonds. The topological polar surface area (TPSA) is 3.24 Å². The second kappa shape index (κ2) is 4.26. The molecular formula is C8H15N. The van der Waals surface area contributed by atoms with E-state index in [-0.39, 0.29) is 0 Å². The van der Waals surface area contributed by atoms with Crippen LogP contribution in [0.4, 0.5) is 0 Å². The summed E-state index contributed by atoms with van der Waals surface area (Å²) < 4.78 is 0. The van der Waals surface area contributed by atoms with Crippen molar-refractivity contribution in [1.82, 2.24) is 4.90 Å². The first-order valence-corrected chi connectivity index (χ1v) is 3.28. The monoisotopic (exact) mass is 125 g/mol. The maximum atomic E-state index is 3.06. The molecule has 0 rings (SSSR count). The molecular weight excluding hydrogens is 110 g/mol. The van der Waals surface area contributed by atoms with Gasteiger partial charge in [0.2, 0.25) is 0 Å². The lowest BCUT2D eigenvalue weighted by molar-refractivity contribution is 0.593. The normalized spacial score (nSPS) is 8.56. The lowest BCUT2D eigenvalue weighted by atomic mass is 10.1. The highest BCUT2D eigenvalue weighted by molar-refractivity contribution is 4.96. The molecule has 1 heteroatoms. The van der Waals surface area contributed by atoms with Crippen LogP contribution < -0.4 is 0 Å². The minimum Gasteiger partial charge on any atom is -0.339 e. The number of hydrogen-bond acceptors (Lipinski definition) is 1. The highest BCUT2D eigenvalue weighted by Gasteiger charge is 1.85. The lowest BCUT2D eigenvalue weighted by Crippen LogP contribution is -2.01. The number of nitrogens with zero attached hydrogens (tertiary/aromatic N) is 1. The molecule has 0 aromatic carbocycles. The van der Waals surface area contributed by atoms with Gasteiger partial charge in [-0.15, -0.1) is 0 Å². The molecule has 0 aliphatic heterocycles. The van der Waals surface area contributed by atoms with E-state index in [9.17, 15) is 0 Å². The van der Waals surface area contributed by atoms with Crippen molar-refractivity contribution >= 4 is 0 Å². The maximum absolute atomic E-state index is 3.06. The summed E-state index contributed by atoms with van der Waals surface area (Å²) in [6.45, 7) is 4.34. The number of hydrogen-bond donors (Lipinski definition) is 0. The molecule has 0 aliphatic carbocycles. The summed E-state index contributed by atoms with van der Waals surface area (Å²) in [5.41, 5.74) is 0. The SMILES string of the molecule is CC(C)CC#CN(C)C. The van der Waals surface area contributed by atoms with Crippen LogP contribution in [-0.2, 0) is 0 Å². The van der Waals surface area contributed by atoms with Crippen molar-refractivity contribution in [2.75, 3.05) is 14.1 Å². The van der Waals surface area contributed by atoms with Crippen LogP contribution in [0.2, 0.25) is 0 Å². The largest absolute Gasteiger partial charge is 0.339 e. The second-order valence-electron chi connectivity index (χ2n) is 2.78. The first kappa shape index (κ1) is 8.36. The zero-order chi connectivity index (χ0) is 7.28. The Bertz CT molecular complexity index is 114. The highest BCUT2D eigenvalue weighted by atomic mass is 15.0. The van der Waals surface area contributed by atoms with Crippen molar-refractivity contribution < 1.29 is 0 Å². The molecule has 0 unspecified atom stereocenters. The van der Waals surface area contributed by atoms with E-state index in [1.54, 1.807) is 0 Å². The molecule has 0 spiro atoms. The van der Waals surface area contributed by atoms with Gasteiger partial charge in [0.25, 0.3) is 0 Å². The smallest absolute Gasteiger partial charge is 0.0144 e. The third kappa shape index (κ3) is 7.36. The summed E-state index contributed by atoms with van der Waals surface area (Å²) in [6.07, 6.45) is 0.998. The van der Waals surface area contributed by atoms with E-state index in [0.717, 1.165) is 6.42 Å². The quantitative estimate of drug-likeness (QED) is 0.379. The lowest BCUT2D eigenvalue weighted by Gasteiger charge is -1.98. The fourth-order valence-corrected chi connectivity index (χ4v) is 0.408. The Balaban J connectivity index is 3.38. The van der Waals surface area contributed by atoms with E-state index in [0.29, 0.717) is 5.92 Å². The highest BCUT2D eigenvalue weighted by Crippen LogP contribution is 1.95. The molecule has 0 aromatic rings. The number of rotatable bonds is 1. The van der Waals surface area contributed by atoms with Crippen molar-refractivity contribution in [3.63, 3.8) is 0 Å². The second-order valence-corrected chi connectivity index (χ2v) is 2.78. The van der Waals surface area contributed by atoms with Gasteiger partial charge in [-0.2, -0.15) is 0 Å². The van der Waals surface area contributed by atoms with Crippen LogP contribution in [-0.4, -0.2) is 19.0 Å². The Labute approximate surface area is 58.1 Å². The van der Waals surface area contributed by atoms with E-state index in [1.165, 1.54) is 0 Å². The third-order valence-corrected chi connectivity index (χ3v) is 0.813. The predicted molar refractivity (Wildman–Crippen MR) is 40.9 cm³/mol. The van der Waals surface area contributed by atoms with E-state index in [2.05, 4.69) is 25.8 Å². The van der Waals surface area contributed by atoms with Crippen LogP contribution in [0.1, 0.15) is 20.3 Å². The zero-order valence-corrected chi connectivity index (χ0v) is 6.73. The summed E-state index contributed by atoms with van der Waals surface area (Å²) in [6, 6.07) is 2.96. The molecule has 0 fully saturated rings. The maximum Gasteiger partial charge on any atom is 0.0144 e. The van der Waals surface area contributed by atoms with Gasteiger partial charge in [0.15, 0.2) is 0 Å². The zero-order valence-electron chi connectivity index (χ0n) is 6.73. The van der Waals surface area contributed by atoms with Crippen molar-refractivity contribution in [2.45, 2.75) is 20.3 Å². The summed E-state index contributed by atoms with van der Waals surface area (Å²) in [4.78, 5) is 1.88. The molecule has 0 aliphatic rings. The Morgan fingerprint density at radius 2 is 1.89 bits per heavy atom. The third-order valence-electron chi connectivity index (χ3n) is 0.813. The van der Waals surface area contributed by atoms with Crippen LogP contribution in [0.15, 0.2) is 0 Å². The van der Waals surface area contributed by atoms with Gasteiger partial charge in [-0.05, 0) is 5.92 Å². The predicted octanol–water partition coefficient (Wildman–Crippen LogP) is 1.55. The van der Waals surface area contributed by atoms with Crippen LogP contribution >= 0.6 is 0 Å². The average molecular weight is 125 g/mol. The van der Waals surface area contributed by atoms with Gasteiger partial charge in [0.05, 0.1) is 0 Å². The van der Waals surface area contributed by atoms with Gasteiger partial charge in [0.1, 0.15) is 0 Å². The van der Waals surface area contributed by atoms with Crippen LogP contribution in [0.25, 0.3) is 0 Å². The Kier molecular flexibility index (Phi) is 3.96. The average Bonchev–Trinajstić information content (AvgIpc) is 1.63.